The largest absolute Gasteiger partial charge is 0.366 e. The van der Waals surface area contributed by atoms with Crippen LogP contribution in [-0.4, -0.2) is 31.1 Å². The van der Waals surface area contributed by atoms with Gasteiger partial charge < -0.3 is 11.1 Å². The molecule has 4 rings (SSSR count). The standard InChI is InChI=1S/C22H24N6O3/c1-13-11-14(2)28(26-13)22-25-18-6-4-3-5-17(18)21(31)27(22)12-19(29)24-16-9-7-15(8-10-16)20(23)30/h7-11H,3-6,12H2,1-2H3,(H2,23,30)(H,24,29). The Kier molecular flexibility index (Phi) is 5.41. The maximum Gasteiger partial charge on any atom is 0.258 e. The van der Waals surface area contributed by atoms with Crippen LogP contribution in [0.3, 0.4) is 0 Å². The molecule has 0 saturated carbocycles. The molecule has 0 aliphatic heterocycles. The van der Waals surface area contributed by atoms with Crippen molar-refractivity contribution < 1.29 is 9.59 Å². The van der Waals surface area contributed by atoms with E-state index in [0.717, 1.165) is 36.3 Å². The molecule has 1 aliphatic carbocycles. The summed E-state index contributed by atoms with van der Waals surface area (Å²) in [5.41, 5.74) is 8.99. The average Bonchev–Trinajstić information content (AvgIpc) is 3.08. The minimum atomic E-state index is -0.543. The second kappa shape index (κ2) is 8.17. The number of primary amides is 1. The molecule has 0 bridgehead atoms. The Hall–Kier alpha value is -3.75. The van der Waals surface area contributed by atoms with Crippen LogP contribution in [0, 0.1) is 13.8 Å². The maximum absolute atomic E-state index is 13.3. The summed E-state index contributed by atoms with van der Waals surface area (Å²) in [6, 6.07) is 8.15. The number of carbonyl (C=O) groups excluding carboxylic acids is 2. The van der Waals surface area contributed by atoms with E-state index < -0.39 is 5.91 Å². The summed E-state index contributed by atoms with van der Waals surface area (Å²) in [7, 11) is 0. The van der Waals surface area contributed by atoms with Crippen LogP contribution >= 0.6 is 0 Å². The van der Waals surface area contributed by atoms with Crippen LogP contribution in [0.5, 0.6) is 0 Å². The number of hydrogen-bond acceptors (Lipinski definition) is 5. The highest BCUT2D eigenvalue weighted by Gasteiger charge is 2.23. The Bertz CT molecular complexity index is 1220. The predicted molar refractivity (Wildman–Crippen MR) is 115 cm³/mol. The molecule has 0 saturated heterocycles. The van der Waals surface area contributed by atoms with Crippen LogP contribution in [0.4, 0.5) is 5.69 Å². The van der Waals surface area contributed by atoms with Gasteiger partial charge >= 0.3 is 0 Å². The van der Waals surface area contributed by atoms with Gasteiger partial charge in [0, 0.05) is 22.5 Å². The van der Waals surface area contributed by atoms with Gasteiger partial charge in [-0.25, -0.2) is 9.67 Å². The number of hydrogen-bond donors (Lipinski definition) is 2. The predicted octanol–water partition coefficient (Wildman–Crippen LogP) is 1.66. The molecular weight excluding hydrogens is 396 g/mol. The topological polar surface area (TPSA) is 125 Å². The average molecular weight is 420 g/mol. The second-order valence-electron chi connectivity index (χ2n) is 7.76. The van der Waals surface area contributed by atoms with Gasteiger partial charge in [-0.3, -0.25) is 19.0 Å². The van der Waals surface area contributed by atoms with Crippen molar-refractivity contribution in [2.45, 2.75) is 46.1 Å². The molecule has 0 unspecified atom stereocenters. The maximum atomic E-state index is 13.3. The minimum Gasteiger partial charge on any atom is -0.366 e. The fourth-order valence-corrected chi connectivity index (χ4v) is 3.88. The Balaban J connectivity index is 1.69. The van der Waals surface area contributed by atoms with E-state index in [4.69, 9.17) is 10.7 Å². The molecule has 1 aliphatic rings. The first-order valence-electron chi connectivity index (χ1n) is 10.2. The molecule has 1 aromatic carbocycles. The van der Waals surface area contributed by atoms with E-state index in [9.17, 15) is 14.4 Å². The van der Waals surface area contributed by atoms with Crippen molar-refractivity contribution >= 4 is 17.5 Å². The summed E-state index contributed by atoms with van der Waals surface area (Å²) < 4.78 is 3.00. The van der Waals surface area contributed by atoms with Gasteiger partial charge in [-0.2, -0.15) is 5.10 Å². The monoisotopic (exact) mass is 420 g/mol. The molecule has 0 spiro atoms. The molecule has 3 aromatic rings. The highest BCUT2D eigenvalue weighted by Crippen LogP contribution is 2.19. The number of nitrogens with two attached hydrogens (primary N) is 1. The van der Waals surface area contributed by atoms with Crippen LogP contribution in [0.25, 0.3) is 5.95 Å². The third kappa shape index (κ3) is 4.11. The highest BCUT2D eigenvalue weighted by molar-refractivity contribution is 5.94. The molecule has 9 heteroatoms. The lowest BCUT2D eigenvalue weighted by Gasteiger charge is -2.20. The Morgan fingerprint density at radius 3 is 2.48 bits per heavy atom. The van der Waals surface area contributed by atoms with Gasteiger partial charge in [0.15, 0.2) is 0 Å². The van der Waals surface area contributed by atoms with Gasteiger partial charge in [0.05, 0.1) is 11.4 Å². The zero-order valence-corrected chi connectivity index (χ0v) is 17.5. The highest BCUT2D eigenvalue weighted by atomic mass is 16.2. The van der Waals surface area contributed by atoms with E-state index in [0.29, 0.717) is 29.2 Å². The van der Waals surface area contributed by atoms with Gasteiger partial charge in [-0.15, -0.1) is 0 Å². The number of carbonyl (C=O) groups is 2. The molecule has 2 aromatic heterocycles. The molecule has 2 amide bonds. The lowest BCUT2D eigenvalue weighted by atomic mass is 9.97. The van der Waals surface area contributed by atoms with E-state index in [2.05, 4.69) is 10.4 Å². The minimum absolute atomic E-state index is 0.202. The number of nitrogens with one attached hydrogen (secondary N) is 1. The van der Waals surface area contributed by atoms with E-state index in [1.165, 1.54) is 16.7 Å². The molecule has 0 fully saturated rings. The number of fused-ring (bicyclic) bond motifs is 1. The number of aryl methyl sites for hydroxylation is 3. The summed E-state index contributed by atoms with van der Waals surface area (Å²) in [6.45, 7) is 3.55. The van der Waals surface area contributed by atoms with E-state index in [1.807, 2.05) is 19.9 Å². The summed E-state index contributed by atoms with van der Waals surface area (Å²) in [5.74, 6) is -0.580. The molecule has 3 N–H and O–H groups in total. The number of rotatable bonds is 5. The van der Waals surface area contributed by atoms with Crippen LogP contribution in [0.2, 0.25) is 0 Å². The van der Waals surface area contributed by atoms with Gasteiger partial charge in [-0.05, 0) is 69.9 Å². The van der Waals surface area contributed by atoms with Crippen LogP contribution in [-0.2, 0) is 24.2 Å². The van der Waals surface area contributed by atoms with Gasteiger partial charge in [0.1, 0.15) is 6.54 Å². The lowest BCUT2D eigenvalue weighted by Crippen LogP contribution is -2.35. The lowest BCUT2D eigenvalue weighted by molar-refractivity contribution is -0.116. The van der Waals surface area contributed by atoms with Crippen molar-refractivity contribution in [2.75, 3.05) is 5.32 Å². The first kappa shape index (κ1) is 20.5. The van der Waals surface area contributed by atoms with Crippen molar-refractivity contribution in [3.05, 3.63) is 68.9 Å². The van der Waals surface area contributed by atoms with E-state index >= 15 is 0 Å². The first-order valence-corrected chi connectivity index (χ1v) is 10.2. The van der Waals surface area contributed by atoms with Gasteiger partial charge in [-0.1, -0.05) is 0 Å². The number of anilines is 1. The fraction of sp³-hybridized carbons (Fsp3) is 0.318. The number of amides is 2. The smallest absolute Gasteiger partial charge is 0.258 e. The van der Waals surface area contributed by atoms with Crippen molar-refractivity contribution in [1.82, 2.24) is 19.3 Å². The molecule has 31 heavy (non-hydrogen) atoms. The van der Waals surface area contributed by atoms with Crippen LogP contribution in [0.15, 0.2) is 35.1 Å². The Morgan fingerprint density at radius 2 is 1.84 bits per heavy atom. The van der Waals surface area contributed by atoms with Gasteiger partial charge in [0.2, 0.25) is 17.8 Å². The number of aromatic nitrogens is 4. The Morgan fingerprint density at radius 1 is 1.13 bits per heavy atom. The van der Waals surface area contributed by atoms with Crippen LogP contribution in [0.1, 0.15) is 45.8 Å². The zero-order chi connectivity index (χ0) is 22.1. The molecule has 160 valence electrons. The number of nitrogens with zero attached hydrogens (tertiary/aromatic N) is 4. The third-order valence-electron chi connectivity index (χ3n) is 5.37. The fourth-order valence-electron chi connectivity index (χ4n) is 3.88. The quantitative estimate of drug-likeness (QED) is 0.649. The summed E-state index contributed by atoms with van der Waals surface area (Å²) >= 11 is 0. The van der Waals surface area contributed by atoms with E-state index in [1.54, 1.807) is 16.8 Å². The molecule has 0 atom stereocenters. The Labute approximate surface area is 178 Å². The van der Waals surface area contributed by atoms with Crippen molar-refractivity contribution in [1.29, 1.82) is 0 Å². The first-order chi connectivity index (χ1) is 14.8. The summed E-state index contributed by atoms with van der Waals surface area (Å²) in [6.07, 6.45) is 3.33. The SMILES string of the molecule is Cc1cc(C)n(-c2nc3c(c(=O)n2CC(=O)Nc2ccc(C(N)=O)cc2)CCCC3)n1. The van der Waals surface area contributed by atoms with Crippen molar-refractivity contribution in [2.24, 2.45) is 5.73 Å². The van der Waals surface area contributed by atoms with Gasteiger partial charge in [0.25, 0.3) is 5.56 Å². The summed E-state index contributed by atoms with van der Waals surface area (Å²) in [4.78, 5) is 42.0. The third-order valence-corrected chi connectivity index (χ3v) is 5.37. The number of benzene rings is 1. The molecule has 2 heterocycles. The molecule has 0 radical (unpaired) electrons. The summed E-state index contributed by atoms with van der Waals surface area (Å²) in [5, 5.41) is 7.22. The second-order valence-corrected chi connectivity index (χ2v) is 7.76. The van der Waals surface area contributed by atoms with Crippen molar-refractivity contribution in [3.63, 3.8) is 0 Å². The molecular formula is C22H24N6O3. The van der Waals surface area contributed by atoms with Crippen LogP contribution < -0.4 is 16.6 Å². The van der Waals surface area contributed by atoms with Crippen molar-refractivity contribution in [3.8, 4) is 5.95 Å². The normalized spacial score (nSPS) is 13.0. The molecule has 9 nitrogen and oxygen atoms in total. The zero-order valence-electron chi connectivity index (χ0n) is 17.5. The van der Waals surface area contributed by atoms with E-state index in [-0.39, 0.29) is 18.0 Å².